The number of rotatable bonds is 4. The van der Waals surface area contributed by atoms with Crippen LogP contribution in [0.15, 0.2) is 35.4 Å². The molecule has 0 bridgehead atoms. The lowest BCUT2D eigenvalue weighted by molar-refractivity contribution is 0.220. The molecular formula is C16H17FN6O2. The predicted octanol–water partition coefficient (Wildman–Crippen LogP) is 2.68. The van der Waals surface area contributed by atoms with Crippen LogP contribution in [0.2, 0.25) is 0 Å². The van der Waals surface area contributed by atoms with Crippen molar-refractivity contribution in [3.63, 3.8) is 0 Å². The first kappa shape index (κ1) is 16.6. The summed E-state index contributed by atoms with van der Waals surface area (Å²) in [6.07, 6.45) is 2.72. The van der Waals surface area contributed by atoms with Crippen LogP contribution in [-0.4, -0.2) is 37.9 Å². The Morgan fingerprint density at radius 2 is 2.20 bits per heavy atom. The Kier molecular flexibility index (Phi) is 4.46. The molecule has 2 heterocycles. The van der Waals surface area contributed by atoms with Gasteiger partial charge in [-0.2, -0.15) is 5.10 Å². The Hall–Kier alpha value is -3.23. The van der Waals surface area contributed by atoms with E-state index in [9.17, 15) is 9.18 Å². The Morgan fingerprint density at radius 3 is 2.80 bits per heavy atom. The topological polar surface area (TPSA) is 89.1 Å². The molecule has 3 rings (SSSR count). The lowest BCUT2D eigenvalue weighted by Crippen LogP contribution is -2.31. The van der Waals surface area contributed by atoms with Crippen LogP contribution in [0.25, 0.3) is 5.69 Å². The zero-order valence-electron chi connectivity index (χ0n) is 14.0. The fraction of sp³-hybridized carbons (Fsp3) is 0.250. The summed E-state index contributed by atoms with van der Waals surface area (Å²) < 4.78 is 20.6. The van der Waals surface area contributed by atoms with Gasteiger partial charge in [0.1, 0.15) is 24.1 Å². The lowest BCUT2D eigenvalue weighted by atomic mass is 10.2. The summed E-state index contributed by atoms with van der Waals surface area (Å²) in [5, 5.41) is 10.4. The van der Waals surface area contributed by atoms with Crippen LogP contribution < -0.4 is 5.32 Å². The van der Waals surface area contributed by atoms with E-state index in [2.05, 4.69) is 20.6 Å². The van der Waals surface area contributed by atoms with Gasteiger partial charge in [-0.05, 0) is 32.0 Å². The minimum Gasteiger partial charge on any atom is -0.361 e. The molecule has 0 radical (unpaired) electrons. The van der Waals surface area contributed by atoms with Crippen molar-refractivity contribution < 1.29 is 13.7 Å². The molecule has 0 fully saturated rings. The van der Waals surface area contributed by atoms with E-state index in [0.29, 0.717) is 18.0 Å². The molecule has 25 heavy (non-hydrogen) atoms. The third kappa shape index (κ3) is 3.49. The minimum atomic E-state index is -0.517. The van der Waals surface area contributed by atoms with E-state index < -0.39 is 5.82 Å². The molecule has 0 atom stereocenters. The van der Waals surface area contributed by atoms with E-state index in [4.69, 9.17) is 4.52 Å². The van der Waals surface area contributed by atoms with Crippen molar-refractivity contribution in [3.05, 3.63) is 53.7 Å². The Balaban J connectivity index is 1.69. The molecule has 0 saturated carbocycles. The summed E-state index contributed by atoms with van der Waals surface area (Å²) in [4.78, 5) is 17.5. The van der Waals surface area contributed by atoms with Gasteiger partial charge in [0.15, 0.2) is 5.82 Å². The van der Waals surface area contributed by atoms with Gasteiger partial charge in [0.25, 0.3) is 0 Å². The van der Waals surface area contributed by atoms with Gasteiger partial charge >= 0.3 is 6.03 Å². The van der Waals surface area contributed by atoms with Gasteiger partial charge in [0, 0.05) is 18.3 Å². The molecule has 1 aromatic carbocycles. The highest BCUT2D eigenvalue weighted by atomic mass is 19.1. The van der Waals surface area contributed by atoms with Crippen LogP contribution in [0.4, 0.5) is 14.9 Å². The van der Waals surface area contributed by atoms with Gasteiger partial charge in [-0.25, -0.2) is 18.9 Å². The third-order valence-corrected chi connectivity index (χ3v) is 3.79. The number of benzene rings is 1. The molecule has 0 unspecified atom stereocenters. The van der Waals surface area contributed by atoms with E-state index in [1.807, 2.05) is 6.92 Å². The molecule has 0 aliphatic carbocycles. The number of carbonyl (C=O) groups excluding carboxylic acids is 1. The fourth-order valence-electron chi connectivity index (χ4n) is 2.36. The Bertz CT molecular complexity index is 871. The number of nitrogens with one attached hydrogen (secondary N) is 1. The van der Waals surface area contributed by atoms with Gasteiger partial charge in [-0.15, -0.1) is 0 Å². The quantitative estimate of drug-likeness (QED) is 0.786. The van der Waals surface area contributed by atoms with Crippen molar-refractivity contribution in [3.8, 4) is 5.69 Å². The zero-order chi connectivity index (χ0) is 18.0. The number of aryl methyl sites for hydroxylation is 2. The van der Waals surface area contributed by atoms with Crippen molar-refractivity contribution in [2.45, 2.75) is 20.4 Å². The highest BCUT2D eigenvalue weighted by Gasteiger charge is 2.16. The summed E-state index contributed by atoms with van der Waals surface area (Å²) in [6.45, 7) is 3.95. The van der Waals surface area contributed by atoms with Crippen LogP contribution in [0, 0.1) is 19.7 Å². The molecule has 0 aliphatic rings. The number of amides is 2. The molecule has 130 valence electrons. The smallest absolute Gasteiger partial charge is 0.321 e. The SMILES string of the molecule is Cc1noc(C)c1CN(C)C(=O)Nc1ccc(-n2cncn2)c(F)c1. The van der Waals surface area contributed by atoms with Crippen molar-refractivity contribution in [2.24, 2.45) is 0 Å². The Labute approximate surface area is 143 Å². The summed E-state index contributed by atoms with van der Waals surface area (Å²) in [6, 6.07) is 3.99. The standard InChI is InChI=1S/C16H17FN6O2/c1-10-13(11(2)25-21-10)7-22(3)16(24)20-12-4-5-15(14(17)6-12)23-9-18-8-19-23/h4-6,8-9H,7H2,1-3H3,(H,20,24). The van der Waals surface area contributed by atoms with Gasteiger partial charge in [-0.1, -0.05) is 5.16 Å². The normalized spacial score (nSPS) is 10.7. The van der Waals surface area contributed by atoms with Crippen molar-refractivity contribution in [2.75, 3.05) is 12.4 Å². The molecule has 0 saturated heterocycles. The second-order valence-corrected chi connectivity index (χ2v) is 5.60. The highest BCUT2D eigenvalue weighted by molar-refractivity contribution is 5.89. The molecule has 1 N–H and O–H groups in total. The second-order valence-electron chi connectivity index (χ2n) is 5.60. The molecule has 0 spiro atoms. The molecule has 3 aromatic rings. The first-order valence-corrected chi connectivity index (χ1v) is 7.54. The second kappa shape index (κ2) is 6.71. The number of hydrogen-bond acceptors (Lipinski definition) is 5. The predicted molar refractivity (Wildman–Crippen MR) is 87.8 cm³/mol. The van der Waals surface area contributed by atoms with Crippen molar-refractivity contribution >= 4 is 11.7 Å². The summed E-state index contributed by atoms with van der Waals surface area (Å²) in [5.74, 6) is 0.150. The number of aromatic nitrogens is 4. The Morgan fingerprint density at radius 1 is 1.40 bits per heavy atom. The maximum Gasteiger partial charge on any atom is 0.321 e. The van der Waals surface area contributed by atoms with Crippen LogP contribution in [0.1, 0.15) is 17.0 Å². The molecule has 8 nitrogen and oxygen atoms in total. The number of anilines is 1. The third-order valence-electron chi connectivity index (χ3n) is 3.79. The number of carbonyl (C=O) groups is 1. The minimum absolute atomic E-state index is 0.250. The van der Waals surface area contributed by atoms with Gasteiger partial charge in [-0.3, -0.25) is 0 Å². The first-order chi connectivity index (χ1) is 12.0. The molecule has 2 aromatic heterocycles. The molecule has 2 amide bonds. The first-order valence-electron chi connectivity index (χ1n) is 7.54. The average molecular weight is 344 g/mol. The van der Waals surface area contributed by atoms with E-state index in [1.165, 1.54) is 34.4 Å². The fourth-order valence-corrected chi connectivity index (χ4v) is 2.36. The number of halogens is 1. The molecular weight excluding hydrogens is 327 g/mol. The van der Waals surface area contributed by atoms with Gasteiger partial charge in [0.2, 0.25) is 0 Å². The number of urea groups is 1. The zero-order valence-corrected chi connectivity index (χ0v) is 14.0. The van der Waals surface area contributed by atoms with Crippen LogP contribution in [0.3, 0.4) is 0 Å². The van der Waals surface area contributed by atoms with E-state index >= 15 is 0 Å². The number of hydrogen-bond donors (Lipinski definition) is 1. The van der Waals surface area contributed by atoms with Crippen LogP contribution in [0.5, 0.6) is 0 Å². The monoisotopic (exact) mass is 344 g/mol. The van der Waals surface area contributed by atoms with E-state index in [-0.39, 0.29) is 11.7 Å². The molecule has 9 heteroatoms. The maximum atomic E-state index is 14.2. The largest absolute Gasteiger partial charge is 0.361 e. The van der Waals surface area contributed by atoms with E-state index in [0.717, 1.165) is 11.3 Å². The number of nitrogens with zero attached hydrogens (tertiary/aromatic N) is 5. The molecule has 0 aliphatic heterocycles. The average Bonchev–Trinajstić information content (AvgIpc) is 3.20. The summed E-state index contributed by atoms with van der Waals surface area (Å²) in [5.41, 5.74) is 2.18. The highest BCUT2D eigenvalue weighted by Crippen LogP contribution is 2.19. The maximum absolute atomic E-state index is 14.2. The van der Waals surface area contributed by atoms with Crippen molar-refractivity contribution in [1.29, 1.82) is 0 Å². The lowest BCUT2D eigenvalue weighted by Gasteiger charge is -2.18. The van der Waals surface area contributed by atoms with Crippen LogP contribution in [-0.2, 0) is 6.54 Å². The summed E-state index contributed by atoms with van der Waals surface area (Å²) in [7, 11) is 1.64. The van der Waals surface area contributed by atoms with Crippen molar-refractivity contribution in [1.82, 2.24) is 24.8 Å². The van der Waals surface area contributed by atoms with Gasteiger partial charge < -0.3 is 14.7 Å². The summed E-state index contributed by atoms with van der Waals surface area (Å²) >= 11 is 0. The van der Waals surface area contributed by atoms with E-state index in [1.54, 1.807) is 20.0 Å². The van der Waals surface area contributed by atoms with Crippen LogP contribution >= 0.6 is 0 Å². The van der Waals surface area contributed by atoms with Gasteiger partial charge in [0.05, 0.1) is 12.2 Å².